The topological polar surface area (TPSA) is 54.4 Å². The van der Waals surface area contributed by atoms with Gasteiger partial charge in [-0.2, -0.15) is 0 Å². The summed E-state index contributed by atoms with van der Waals surface area (Å²) in [6.45, 7) is 0. The summed E-state index contributed by atoms with van der Waals surface area (Å²) in [5.74, 6) is 0. The smallest absolute Gasteiger partial charge is 0.335 e. The lowest BCUT2D eigenvalue weighted by Gasteiger charge is -1.74. The van der Waals surface area contributed by atoms with Crippen molar-refractivity contribution in [3.63, 3.8) is 0 Å². The van der Waals surface area contributed by atoms with Crippen LogP contribution in [0.3, 0.4) is 0 Å². The van der Waals surface area contributed by atoms with Crippen LogP contribution >= 0.6 is 57.5 Å². The molecule has 0 aromatic rings. The van der Waals surface area contributed by atoms with Crippen LogP contribution in [0.1, 0.15) is 0 Å². The van der Waals surface area contributed by atoms with Gasteiger partial charge < -0.3 is 4.89 Å². The Bertz CT molecular complexity index is 114. The van der Waals surface area contributed by atoms with Gasteiger partial charge >= 0.3 is 5.20 Å². The zero-order valence-corrected chi connectivity index (χ0v) is 8.64. The molecular weight excluding hydrogens is 252 g/mol. The zero-order chi connectivity index (χ0) is 8.08. The first kappa shape index (κ1) is 13.2. The highest BCUT2D eigenvalue weighted by Crippen LogP contribution is 2.61. The predicted molar refractivity (Wildman–Crippen MR) is 42.2 cm³/mol. The van der Waals surface area contributed by atoms with Gasteiger partial charge in [-0.15, -0.1) is 0 Å². The number of halogens is 4. The molecule has 1 atom stereocenters. The maximum Gasteiger partial charge on any atom is 0.339 e. The van der Waals surface area contributed by atoms with Gasteiger partial charge in [0.1, 0.15) is 0 Å². The van der Waals surface area contributed by atoms with Gasteiger partial charge in [0, 0.05) is 0 Å². The summed E-state index contributed by atoms with van der Waals surface area (Å²) in [6, 6.07) is 0. The molecule has 0 aliphatic carbocycles. The van der Waals surface area contributed by atoms with Crippen LogP contribution in [0.5, 0.6) is 0 Å². The van der Waals surface area contributed by atoms with Crippen molar-refractivity contribution in [1.29, 1.82) is 0 Å². The molecule has 0 aromatic heterocycles. The Morgan fingerprint density at radius 3 is 1.33 bits per heavy atom. The molecule has 9 heavy (non-hydrogen) atoms. The summed E-state index contributed by atoms with van der Waals surface area (Å²) in [5.41, 5.74) is 0. The van der Waals surface area contributed by atoms with Crippen molar-refractivity contribution in [1.82, 2.24) is 0 Å². The van der Waals surface area contributed by atoms with Crippen LogP contribution in [0.2, 0.25) is 0 Å². The van der Waals surface area contributed by atoms with Crippen LogP contribution in [-0.4, -0.2) is 4.89 Å². The molecule has 3 nitrogen and oxygen atoms in total. The summed E-state index contributed by atoms with van der Waals surface area (Å²) in [6.07, 6.45) is 0. The third kappa shape index (κ3) is 220. The summed E-state index contributed by atoms with van der Waals surface area (Å²) in [7, 11) is -2.66. The molecule has 0 bridgehead atoms. The molecule has 9 heteroatoms. The van der Waals surface area contributed by atoms with Crippen molar-refractivity contribution in [2.24, 2.45) is 0 Å². The molecule has 0 radical (unpaired) electrons. The van der Waals surface area contributed by atoms with Gasteiger partial charge in [0.05, 0.1) is 0 Å². The van der Waals surface area contributed by atoms with Crippen molar-refractivity contribution < 1.29 is 14.0 Å². The lowest BCUT2D eigenvalue weighted by Crippen LogP contribution is -1.21. The molecule has 0 spiro atoms. The van der Waals surface area contributed by atoms with E-state index < -0.39 is 12.6 Å². The highest BCUT2D eigenvalue weighted by molar-refractivity contribution is 8.24. The second-order valence-corrected chi connectivity index (χ2v) is 8.77. The average molecular weight is 254 g/mol. The molecule has 1 N–H and O–H groups in total. The van der Waals surface area contributed by atoms with Crippen LogP contribution in [0.25, 0.3) is 0 Å². The van der Waals surface area contributed by atoms with E-state index in [1.807, 2.05) is 0 Å². The fourth-order valence-corrected chi connectivity index (χ4v) is 0. The second kappa shape index (κ2) is 6.30. The molecular formula is H2Cl4O3P2. The van der Waals surface area contributed by atoms with Crippen LogP contribution < -0.4 is 0 Å². The number of hydrogen-bond acceptors (Lipinski definition) is 2. The number of rotatable bonds is 0. The molecule has 0 aromatic carbocycles. The summed E-state index contributed by atoms with van der Waals surface area (Å²) in [4.78, 5) is 7.37. The summed E-state index contributed by atoms with van der Waals surface area (Å²) >= 11 is 18.2. The molecule has 1 unspecified atom stereocenters. The van der Waals surface area contributed by atoms with Gasteiger partial charge in [-0.3, -0.25) is 9.13 Å². The Balaban J connectivity index is 0. The lowest BCUT2D eigenvalue weighted by molar-refractivity contribution is 0.518. The van der Waals surface area contributed by atoms with Crippen molar-refractivity contribution in [3.8, 4) is 0 Å². The van der Waals surface area contributed by atoms with E-state index in [9.17, 15) is 4.57 Å². The highest BCUT2D eigenvalue weighted by Gasteiger charge is 2.02. The van der Waals surface area contributed by atoms with E-state index in [2.05, 4.69) is 45.0 Å². The van der Waals surface area contributed by atoms with E-state index in [0.717, 1.165) is 0 Å². The van der Waals surface area contributed by atoms with Crippen molar-refractivity contribution in [2.75, 3.05) is 0 Å². The third-order valence-electron chi connectivity index (χ3n) is 0. The first-order chi connectivity index (χ1) is 3.73. The maximum absolute atomic E-state index is 9.51. The van der Waals surface area contributed by atoms with Gasteiger partial charge in [0.2, 0.25) is 0 Å². The molecule has 0 saturated heterocycles. The fraction of sp³-hybridized carbons (Fsp3) is 0. The standard InChI is InChI=1S/Cl3OP.ClH2O2P/c1-5(2,3)4;1-4(2)3/h;4H,(H,2,3). The molecule has 58 valence electrons. The van der Waals surface area contributed by atoms with Crippen LogP contribution in [0.4, 0.5) is 0 Å². The Kier molecular flexibility index (Phi) is 9.23. The summed E-state index contributed by atoms with van der Waals surface area (Å²) < 4.78 is 18.5. The van der Waals surface area contributed by atoms with Crippen molar-refractivity contribution in [2.45, 2.75) is 0 Å². The monoisotopic (exact) mass is 252 g/mol. The Labute approximate surface area is 71.6 Å². The lowest BCUT2D eigenvalue weighted by atomic mass is 15.9. The molecule has 0 rings (SSSR count). The molecule has 0 fully saturated rings. The minimum Gasteiger partial charge on any atom is -0.335 e. The molecule has 0 aliphatic heterocycles. The zero-order valence-electron chi connectivity index (χ0n) is 3.72. The van der Waals surface area contributed by atoms with Crippen LogP contribution in [0, 0.1) is 0 Å². The highest BCUT2D eigenvalue weighted by atomic mass is 36.0. The average Bonchev–Trinajstić information content (AvgIpc) is 1.19. The van der Waals surface area contributed by atoms with Crippen LogP contribution in [0.15, 0.2) is 0 Å². The van der Waals surface area contributed by atoms with Crippen molar-refractivity contribution in [3.05, 3.63) is 0 Å². The first-order valence-corrected chi connectivity index (χ1v) is 8.10. The molecule has 0 heterocycles. The normalized spacial score (nSPS) is 13.4. The Morgan fingerprint density at radius 1 is 1.33 bits per heavy atom. The molecule has 0 aliphatic rings. The van der Waals surface area contributed by atoms with E-state index in [4.69, 9.17) is 9.46 Å². The van der Waals surface area contributed by atoms with Gasteiger partial charge in [-0.05, 0) is 45.0 Å². The minimum atomic E-state index is -3.22. The van der Waals surface area contributed by atoms with Gasteiger partial charge in [0.15, 0.2) is 0 Å². The molecule has 0 amide bonds. The first-order valence-electron chi connectivity index (χ1n) is 1.31. The van der Waals surface area contributed by atoms with E-state index in [1.165, 1.54) is 0 Å². The number of hydrogen-bond donors (Lipinski definition) is 1. The van der Waals surface area contributed by atoms with Crippen molar-refractivity contribution >= 4 is 57.5 Å². The van der Waals surface area contributed by atoms with E-state index >= 15 is 0 Å². The fourth-order valence-electron chi connectivity index (χ4n) is 0. The van der Waals surface area contributed by atoms with Crippen LogP contribution in [-0.2, 0) is 9.13 Å². The predicted octanol–water partition coefficient (Wildman–Crippen LogP) is 3.42. The quantitative estimate of drug-likeness (QED) is 0.673. The molecule has 0 saturated carbocycles. The van der Waals surface area contributed by atoms with Gasteiger partial charge in [0.25, 0.3) is 7.38 Å². The van der Waals surface area contributed by atoms with Gasteiger partial charge in [-0.25, -0.2) is 0 Å². The largest absolute Gasteiger partial charge is 0.339 e. The van der Waals surface area contributed by atoms with E-state index in [0.29, 0.717) is 0 Å². The Hall–Kier alpha value is 1.58. The van der Waals surface area contributed by atoms with Gasteiger partial charge in [-0.1, -0.05) is 0 Å². The van der Waals surface area contributed by atoms with E-state index in [1.54, 1.807) is 0 Å². The SMILES string of the molecule is O=P(Cl)(Cl)Cl.O=[PH](O)Cl. The Morgan fingerprint density at radius 2 is 1.33 bits per heavy atom. The van der Waals surface area contributed by atoms with E-state index in [-0.39, 0.29) is 0 Å². The second-order valence-electron chi connectivity index (χ2n) is 0.652. The third-order valence-corrected chi connectivity index (χ3v) is 0. The minimum absolute atomic E-state index is 2.66. The maximum atomic E-state index is 9.51. The summed E-state index contributed by atoms with van der Waals surface area (Å²) in [5, 5.41) is -3.22.